The highest BCUT2D eigenvalue weighted by Crippen LogP contribution is 2.18. The fourth-order valence-electron chi connectivity index (χ4n) is 1.54. The molecule has 1 atom stereocenters. The van der Waals surface area contributed by atoms with Crippen molar-refractivity contribution < 1.29 is 4.52 Å². The lowest BCUT2D eigenvalue weighted by molar-refractivity contribution is 0.378. The SMILES string of the molecule is CC(N)Cc1noc(Cc2ccccc2Br)n1. The second-order valence-corrected chi connectivity index (χ2v) is 4.91. The first kappa shape index (κ1) is 12.3. The van der Waals surface area contributed by atoms with Crippen LogP contribution in [0.15, 0.2) is 33.3 Å². The highest BCUT2D eigenvalue weighted by atomic mass is 79.9. The third-order valence-electron chi connectivity index (χ3n) is 2.31. The molecule has 1 aromatic carbocycles. The van der Waals surface area contributed by atoms with Crippen LogP contribution in [-0.4, -0.2) is 16.2 Å². The number of nitrogens with two attached hydrogens (primary N) is 1. The largest absolute Gasteiger partial charge is 0.339 e. The summed E-state index contributed by atoms with van der Waals surface area (Å²) in [4.78, 5) is 4.31. The van der Waals surface area contributed by atoms with Crippen molar-refractivity contribution in [3.05, 3.63) is 46.0 Å². The molecule has 0 bridgehead atoms. The minimum atomic E-state index is 0.0453. The Morgan fingerprint density at radius 3 is 2.88 bits per heavy atom. The van der Waals surface area contributed by atoms with Gasteiger partial charge >= 0.3 is 0 Å². The molecule has 1 heterocycles. The van der Waals surface area contributed by atoms with Gasteiger partial charge in [-0.3, -0.25) is 0 Å². The predicted octanol–water partition coefficient (Wildman–Crippen LogP) is 2.31. The van der Waals surface area contributed by atoms with Gasteiger partial charge in [-0.25, -0.2) is 0 Å². The van der Waals surface area contributed by atoms with Crippen LogP contribution in [0.1, 0.15) is 24.2 Å². The quantitative estimate of drug-likeness (QED) is 0.940. The molecule has 1 unspecified atom stereocenters. The summed E-state index contributed by atoms with van der Waals surface area (Å²) in [6.07, 6.45) is 1.27. The van der Waals surface area contributed by atoms with Gasteiger partial charge in [-0.05, 0) is 18.6 Å². The van der Waals surface area contributed by atoms with Crippen molar-refractivity contribution in [3.8, 4) is 0 Å². The van der Waals surface area contributed by atoms with Crippen LogP contribution in [-0.2, 0) is 12.8 Å². The zero-order chi connectivity index (χ0) is 12.3. The normalized spacial score (nSPS) is 12.6. The lowest BCUT2D eigenvalue weighted by atomic mass is 10.1. The van der Waals surface area contributed by atoms with Gasteiger partial charge < -0.3 is 10.3 Å². The summed E-state index contributed by atoms with van der Waals surface area (Å²) in [6, 6.07) is 8.03. The molecular weight excluding hydrogens is 282 g/mol. The van der Waals surface area contributed by atoms with E-state index in [0.29, 0.717) is 24.6 Å². The molecule has 0 saturated heterocycles. The molecule has 5 heteroatoms. The van der Waals surface area contributed by atoms with Crippen LogP contribution < -0.4 is 5.73 Å². The Morgan fingerprint density at radius 1 is 1.41 bits per heavy atom. The Hall–Kier alpha value is -1.20. The number of hydrogen-bond acceptors (Lipinski definition) is 4. The zero-order valence-corrected chi connectivity index (χ0v) is 11.1. The molecular formula is C12H14BrN3O. The van der Waals surface area contributed by atoms with Crippen LogP contribution >= 0.6 is 15.9 Å². The van der Waals surface area contributed by atoms with E-state index in [4.69, 9.17) is 10.3 Å². The molecule has 90 valence electrons. The zero-order valence-electron chi connectivity index (χ0n) is 9.56. The minimum Gasteiger partial charge on any atom is -0.339 e. The first-order valence-corrected chi connectivity index (χ1v) is 6.25. The van der Waals surface area contributed by atoms with Crippen molar-refractivity contribution in [1.82, 2.24) is 10.1 Å². The van der Waals surface area contributed by atoms with Gasteiger partial charge in [0.15, 0.2) is 5.82 Å². The molecule has 0 aliphatic heterocycles. The van der Waals surface area contributed by atoms with E-state index in [9.17, 15) is 0 Å². The Labute approximate surface area is 108 Å². The van der Waals surface area contributed by atoms with Gasteiger partial charge in [-0.2, -0.15) is 4.98 Å². The van der Waals surface area contributed by atoms with Gasteiger partial charge in [0.1, 0.15) is 0 Å². The fraction of sp³-hybridized carbons (Fsp3) is 0.333. The Bertz CT molecular complexity index is 496. The third-order valence-corrected chi connectivity index (χ3v) is 3.09. The first-order valence-electron chi connectivity index (χ1n) is 5.45. The summed E-state index contributed by atoms with van der Waals surface area (Å²) < 4.78 is 6.24. The highest BCUT2D eigenvalue weighted by molar-refractivity contribution is 9.10. The van der Waals surface area contributed by atoms with Crippen molar-refractivity contribution in [1.29, 1.82) is 0 Å². The van der Waals surface area contributed by atoms with E-state index in [1.165, 1.54) is 0 Å². The molecule has 0 aliphatic rings. The number of hydrogen-bond donors (Lipinski definition) is 1. The summed E-state index contributed by atoms with van der Waals surface area (Å²) in [5.74, 6) is 1.29. The van der Waals surface area contributed by atoms with Crippen molar-refractivity contribution in [3.63, 3.8) is 0 Å². The average Bonchev–Trinajstić information content (AvgIpc) is 2.68. The number of benzene rings is 1. The Morgan fingerprint density at radius 2 is 2.18 bits per heavy atom. The van der Waals surface area contributed by atoms with E-state index in [1.807, 2.05) is 31.2 Å². The van der Waals surface area contributed by atoms with E-state index >= 15 is 0 Å². The summed E-state index contributed by atoms with van der Waals surface area (Å²) in [7, 11) is 0. The summed E-state index contributed by atoms with van der Waals surface area (Å²) >= 11 is 3.49. The van der Waals surface area contributed by atoms with Crippen LogP contribution in [0.3, 0.4) is 0 Å². The molecule has 4 nitrogen and oxygen atoms in total. The van der Waals surface area contributed by atoms with Crippen LogP contribution in [0, 0.1) is 0 Å². The maximum atomic E-state index is 5.68. The van der Waals surface area contributed by atoms with Crippen LogP contribution in [0.4, 0.5) is 0 Å². The molecule has 0 aliphatic carbocycles. The predicted molar refractivity (Wildman–Crippen MR) is 68.6 cm³/mol. The molecule has 2 aromatic rings. The van der Waals surface area contributed by atoms with Gasteiger partial charge in [0.25, 0.3) is 0 Å². The summed E-state index contributed by atoms with van der Waals surface area (Å²) in [5, 5.41) is 3.90. The molecule has 1 aromatic heterocycles. The molecule has 17 heavy (non-hydrogen) atoms. The van der Waals surface area contributed by atoms with E-state index in [2.05, 4.69) is 26.1 Å². The summed E-state index contributed by atoms with van der Waals surface area (Å²) in [5.41, 5.74) is 6.81. The standard InChI is InChI=1S/C12H14BrN3O/c1-8(14)6-11-15-12(17-16-11)7-9-4-2-3-5-10(9)13/h2-5,8H,6-7,14H2,1H3. The van der Waals surface area contributed by atoms with Crippen molar-refractivity contribution in [2.45, 2.75) is 25.8 Å². The molecule has 0 fully saturated rings. The Kier molecular flexibility index (Phi) is 3.91. The second kappa shape index (κ2) is 5.42. The van der Waals surface area contributed by atoms with E-state index < -0.39 is 0 Å². The smallest absolute Gasteiger partial charge is 0.231 e. The third kappa shape index (κ3) is 3.38. The molecule has 0 spiro atoms. The maximum absolute atomic E-state index is 5.68. The van der Waals surface area contributed by atoms with Gasteiger partial charge in [0.2, 0.25) is 5.89 Å². The fourth-order valence-corrected chi connectivity index (χ4v) is 1.96. The van der Waals surface area contributed by atoms with Crippen LogP contribution in [0.5, 0.6) is 0 Å². The number of aromatic nitrogens is 2. The van der Waals surface area contributed by atoms with E-state index in [1.54, 1.807) is 0 Å². The van der Waals surface area contributed by atoms with Gasteiger partial charge in [-0.15, -0.1) is 0 Å². The van der Waals surface area contributed by atoms with Gasteiger partial charge in [-0.1, -0.05) is 39.3 Å². The monoisotopic (exact) mass is 295 g/mol. The molecule has 0 saturated carbocycles. The highest BCUT2D eigenvalue weighted by Gasteiger charge is 2.10. The Balaban J connectivity index is 2.09. The van der Waals surface area contributed by atoms with E-state index in [-0.39, 0.29) is 6.04 Å². The number of nitrogens with zero attached hydrogens (tertiary/aromatic N) is 2. The number of halogens is 1. The van der Waals surface area contributed by atoms with Crippen molar-refractivity contribution >= 4 is 15.9 Å². The number of rotatable bonds is 4. The maximum Gasteiger partial charge on any atom is 0.231 e. The van der Waals surface area contributed by atoms with Gasteiger partial charge in [0, 0.05) is 16.9 Å². The molecule has 0 radical (unpaired) electrons. The molecule has 0 amide bonds. The van der Waals surface area contributed by atoms with Crippen molar-refractivity contribution in [2.75, 3.05) is 0 Å². The van der Waals surface area contributed by atoms with Crippen LogP contribution in [0.2, 0.25) is 0 Å². The summed E-state index contributed by atoms with van der Waals surface area (Å²) in [6.45, 7) is 1.92. The minimum absolute atomic E-state index is 0.0453. The second-order valence-electron chi connectivity index (χ2n) is 4.05. The van der Waals surface area contributed by atoms with Crippen molar-refractivity contribution in [2.24, 2.45) is 5.73 Å². The topological polar surface area (TPSA) is 64.9 Å². The van der Waals surface area contributed by atoms with Gasteiger partial charge in [0.05, 0.1) is 6.42 Å². The van der Waals surface area contributed by atoms with E-state index in [0.717, 1.165) is 10.0 Å². The lowest BCUT2D eigenvalue weighted by Crippen LogP contribution is -2.18. The molecule has 2 N–H and O–H groups in total. The first-order chi connectivity index (χ1) is 8.15. The lowest BCUT2D eigenvalue weighted by Gasteiger charge is -1.99. The average molecular weight is 296 g/mol. The van der Waals surface area contributed by atoms with Crippen LogP contribution in [0.25, 0.3) is 0 Å². The molecule has 2 rings (SSSR count).